The van der Waals surface area contributed by atoms with E-state index in [9.17, 15) is 8.76 Å². The second kappa shape index (κ2) is 3.11. The second-order valence-electron chi connectivity index (χ2n) is 6.65. The van der Waals surface area contributed by atoms with E-state index in [2.05, 4.69) is 6.92 Å². The summed E-state index contributed by atoms with van der Waals surface area (Å²) in [4.78, 5) is 0. The van der Waals surface area contributed by atoms with Gasteiger partial charge in [-0.1, -0.05) is 6.92 Å². The quantitative estimate of drug-likeness (QED) is 0.565. The summed E-state index contributed by atoms with van der Waals surface area (Å²) in [5.74, 6) is 5.55. The summed E-state index contributed by atoms with van der Waals surface area (Å²) in [6.45, 7) is 2.23. The molecular formula is C13H20O2S. The Morgan fingerprint density at radius 1 is 1.06 bits per heavy atom. The zero-order valence-corrected chi connectivity index (χ0v) is 10.5. The predicted molar refractivity (Wildman–Crippen MR) is 63.1 cm³/mol. The van der Waals surface area contributed by atoms with Crippen molar-refractivity contribution in [3.05, 3.63) is 0 Å². The molecule has 4 saturated carbocycles. The molecule has 16 heavy (non-hydrogen) atoms. The van der Waals surface area contributed by atoms with E-state index < -0.39 is 11.1 Å². The van der Waals surface area contributed by atoms with Gasteiger partial charge in [-0.05, 0) is 67.1 Å². The minimum atomic E-state index is -1.58. The molecule has 0 spiro atoms. The lowest BCUT2D eigenvalue weighted by Gasteiger charge is -2.40. The normalized spacial score (nSPS) is 63.9. The Kier molecular flexibility index (Phi) is 1.96. The lowest BCUT2D eigenvalue weighted by Crippen LogP contribution is -2.41. The first kappa shape index (κ1) is 10.1. The molecule has 0 amide bonds. The molecule has 4 fully saturated rings. The maximum absolute atomic E-state index is 11.5. The Morgan fingerprint density at radius 2 is 1.69 bits per heavy atom. The summed E-state index contributed by atoms with van der Waals surface area (Å²) in [7, 11) is 0. The first-order chi connectivity index (χ1) is 7.68. The monoisotopic (exact) mass is 240 g/mol. The van der Waals surface area contributed by atoms with Crippen LogP contribution in [0.15, 0.2) is 0 Å². The van der Waals surface area contributed by atoms with Crippen LogP contribution in [0.1, 0.15) is 32.6 Å². The topological polar surface area (TPSA) is 37.3 Å². The fraction of sp³-hybridized carbons (Fsp3) is 1.00. The Labute approximate surface area is 99.5 Å². The Morgan fingerprint density at radius 3 is 2.31 bits per heavy atom. The van der Waals surface area contributed by atoms with Crippen LogP contribution in [0, 0.1) is 41.4 Å². The fourth-order valence-electron chi connectivity index (χ4n) is 6.16. The highest BCUT2D eigenvalue weighted by atomic mass is 32.2. The van der Waals surface area contributed by atoms with Crippen molar-refractivity contribution >= 4 is 11.1 Å². The van der Waals surface area contributed by atoms with Crippen molar-refractivity contribution < 1.29 is 8.76 Å². The molecule has 0 heterocycles. The maximum atomic E-state index is 11.5. The standard InChI is InChI=1S/C13H20O2S/c1-6-9-5-10(13(6)16(14)15)12-8-3-2-7(4-8)11(9)12/h6-13H,2-5H2,1H3,(H,14,15). The van der Waals surface area contributed by atoms with Crippen molar-refractivity contribution in [3.63, 3.8) is 0 Å². The van der Waals surface area contributed by atoms with E-state index in [0.717, 1.165) is 29.6 Å². The molecule has 0 aromatic heterocycles. The molecule has 0 aromatic carbocycles. The third kappa shape index (κ3) is 1.01. The van der Waals surface area contributed by atoms with E-state index in [1.165, 1.54) is 25.7 Å². The van der Waals surface area contributed by atoms with E-state index in [1.54, 1.807) is 0 Å². The van der Waals surface area contributed by atoms with E-state index >= 15 is 0 Å². The minimum absolute atomic E-state index is 0.102. The van der Waals surface area contributed by atoms with E-state index in [-0.39, 0.29) is 5.25 Å². The number of hydrogen-bond donors (Lipinski definition) is 1. The molecule has 3 heteroatoms. The van der Waals surface area contributed by atoms with Crippen LogP contribution < -0.4 is 0 Å². The highest BCUT2D eigenvalue weighted by molar-refractivity contribution is 7.79. The molecule has 9 unspecified atom stereocenters. The van der Waals surface area contributed by atoms with Crippen LogP contribution in [0.3, 0.4) is 0 Å². The van der Waals surface area contributed by atoms with Gasteiger partial charge >= 0.3 is 0 Å². The summed E-state index contributed by atoms with van der Waals surface area (Å²) in [6.07, 6.45) is 5.57. The number of hydrogen-bond acceptors (Lipinski definition) is 1. The second-order valence-corrected chi connectivity index (χ2v) is 7.75. The van der Waals surface area contributed by atoms with Crippen LogP contribution in [-0.4, -0.2) is 14.0 Å². The zero-order chi connectivity index (χ0) is 11.0. The van der Waals surface area contributed by atoms with Crippen LogP contribution in [0.4, 0.5) is 0 Å². The Balaban J connectivity index is 1.72. The maximum Gasteiger partial charge on any atom is 0.156 e. The van der Waals surface area contributed by atoms with Gasteiger partial charge in [0.15, 0.2) is 11.1 Å². The molecule has 0 saturated heterocycles. The van der Waals surface area contributed by atoms with Crippen molar-refractivity contribution in [1.82, 2.24) is 0 Å². The van der Waals surface area contributed by atoms with Crippen LogP contribution in [-0.2, 0) is 11.1 Å². The van der Waals surface area contributed by atoms with Gasteiger partial charge in [0, 0.05) is 0 Å². The molecule has 2 nitrogen and oxygen atoms in total. The summed E-state index contributed by atoms with van der Waals surface area (Å²) >= 11 is -1.58. The first-order valence-electron chi connectivity index (χ1n) is 6.78. The molecule has 4 aliphatic carbocycles. The predicted octanol–water partition coefficient (Wildman–Crippen LogP) is 2.52. The lowest BCUT2D eigenvalue weighted by molar-refractivity contribution is 0.114. The molecule has 0 aromatic rings. The van der Waals surface area contributed by atoms with Crippen LogP contribution in [0.25, 0.3) is 0 Å². The van der Waals surface area contributed by atoms with Gasteiger partial charge in [-0.3, -0.25) is 0 Å². The van der Waals surface area contributed by atoms with E-state index in [0.29, 0.717) is 11.8 Å². The van der Waals surface area contributed by atoms with E-state index in [1.807, 2.05) is 0 Å². The highest BCUT2D eigenvalue weighted by Crippen LogP contribution is 2.69. The molecule has 90 valence electrons. The average Bonchev–Trinajstić information content (AvgIpc) is 2.92. The van der Waals surface area contributed by atoms with Crippen LogP contribution >= 0.6 is 0 Å². The molecule has 0 radical (unpaired) electrons. The fourth-order valence-corrected chi connectivity index (χ4v) is 7.32. The van der Waals surface area contributed by atoms with Gasteiger partial charge < -0.3 is 4.55 Å². The van der Waals surface area contributed by atoms with Gasteiger partial charge in [0.2, 0.25) is 0 Å². The van der Waals surface area contributed by atoms with Gasteiger partial charge in [0.05, 0.1) is 5.25 Å². The largest absolute Gasteiger partial charge is 0.306 e. The molecule has 0 aliphatic heterocycles. The number of fused-ring (bicyclic) bond motifs is 9. The van der Waals surface area contributed by atoms with Crippen LogP contribution in [0.2, 0.25) is 0 Å². The minimum Gasteiger partial charge on any atom is -0.306 e. The highest BCUT2D eigenvalue weighted by Gasteiger charge is 2.65. The molecule has 9 atom stereocenters. The molecule has 1 N–H and O–H groups in total. The van der Waals surface area contributed by atoms with Crippen molar-refractivity contribution in [3.8, 4) is 0 Å². The summed E-state index contributed by atoms with van der Waals surface area (Å²) in [6, 6.07) is 0. The van der Waals surface area contributed by atoms with Crippen molar-refractivity contribution in [2.45, 2.75) is 37.9 Å². The summed E-state index contributed by atoms with van der Waals surface area (Å²) < 4.78 is 21.0. The van der Waals surface area contributed by atoms with Gasteiger partial charge in [-0.15, -0.1) is 0 Å². The SMILES string of the molecule is CC1C2CC(C3C4CCC(C4)C23)C1S(=O)O. The average molecular weight is 240 g/mol. The third-order valence-corrected chi connectivity index (χ3v) is 7.67. The summed E-state index contributed by atoms with van der Waals surface area (Å²) in [5, 5.41) is 0.102. The van der Waals surface area contributed by atoms with Gasteiger partial charge in [-0.25, -0.2) is 4.21 Å². The first-order valence-corrected chi connectivity index (χ1v) is 7.95. The van der Waals surface area contributed by atoms with E-state index in [4.69, 9.17) is 0 Å². The van der Waals surface area contributed by atoms with Gasteiger partial charge in [-0.2, -0.15) is 0 Å². The van der Waals surface area contributed by atoms with Crippen LogP contribution in [0.5, 0.6) is 0 Å². The van der Waals surface area contributed by atoms with Crippen molar-refractivity contribution in [2.75, 3.05) is 0 Å². The van der Waals surface area contributed by atoms with Gasteiger partial charge in [0.25, 0.3) is 0 Å². The van der Waals surface area contributed by atoms with Gasteiger partial charge in [0.1, 0.15) is 0 Å². The van der Waals surface area contributed by atoms with Crippen molar-refractivity contribution in [1.29, 1.82) is 0 Å². The smallest absolute Gasteiger partial charge is 0.156 e. The number of rotatable bonds is 1. The molecule has 4 bridgehead atoms. The molecule has 4 rings (SSSR count). The molecule has 4 aliphatic rings. The third-order valence-electron chi connectivity index (χ3n) is 6.43. The lowest BCUT2D eigenvalue weighted by atomic mass is 9.68. The molecular weight excluding hydrogens is 220 g/mol. The van der Waals surface area contributed by atoms with Crippen molar-refractivity contribution in [2.24, 2.45) is 41.4 Å². The Hall–Kier alpha value is 0.110. The zero-order valence-electron chi connectivity index (χ0n) is 9.71. The summed E-state index contributed by atoms with van der Waals surface area (Å²) in [5.41, 5.74) is 0. The Bertz CT molecular complexity index is 356.